The average Bonchev–Trinajstić information content (AvgIpc) is 2.66. The molecule has 0 radical (unpaired) electrons. The van der Waals surface area contributed by atoms with Crippen LogP contribution in [0.3, 0.4) is 0 Å². The summed E-state index contributed by atoms with van der Waals surface area (Å²) in [6.07, 6.45) is 0.144. The predicted molar refractivity (Wildman–Crippen MR) is 99.4 cm³/mol. The van der Waals surface area contributed by atoms with Crippen molar-refractivity contribution in [1.82, 2.24) is 5.32 Å². The lowest BCUT2D eigenvalue weighted by atomic mass is 10.1. The maximum Gasteiger partial charge on any atom is 0.326 e. The van der Waals surface area contributed by atoms with Crippen molar-refractivity contribution in [1.29, 1.82) is 0 Å². The fraction of sp³-hybridized carbons (Fsp3) is 0.263. The molecular weight excluding hydrogens is 370 g/mol. The lowest BCUT2D eigenvalue weighted by molar-refractivity contribution is -0.139. The zero-order valence-corrected chi connectivity index (χ0v) is 15.6. The standard InChI is InChI=1S/C19H21NO6S/c1-26-11-12-27(24,25)16-9-7-15(8-10-16)18(21)20-17(19(22)23)13-14-5-3-2-4-6-14/h2-10,17H,11-13H2,1H3,(H,20,21)(H,22,23)/t17-/m1/s1. The van der Waals surface area contributed by atoms with Crippen LogP contribution >= 0.6 is 0 Å². The van der Waals surface area contributed by atoms with Gasteiger partial charge < -0.3 is 15.2 Å². The number of nitrogens with one attached hydrogen (secondary N) is 1. The van der Waals surface area contributed by atoms with E-state index in [4.69, 9.17) is 4.74 Å². The largest absolute Gasteiger partial charge is 0.480 e. The highest BCUT2D eigenvalue weighted by Gasteiger charge is 2.21. The summed E-state index contributed by atoms with van der Waals surface area (Å²) in [5.41, 5.74) is 0.963. The molecule has 7 nitrogen and oxygen atoms in total. The van der Waals surface area contributed by atoms with E-state index in [0.29, 0.717) is 0 Å². The Morgan fingerprint density at radius 2 is 1.70 bits per heavy atom. The van der Waals surface area contributed by atoms with Gasteiger partial charge in [0.2, 0.25) is 0 Å². The minimum atomic E-state index is -3.49. The van der Waals surface area contributed by atoms with Gasteiger partial charge in [0.15, 0.2) is 9.84 Å². The molecule has 0 heterocycles. The van der Waals surface area contributed by atoms with Gasteiger partial charge in [0.1, 0.15) is 6.04 Å². The van der Waals surface area contributed by atoms with Crippen molar-refractivity contribution in [2.45, 2.75) is 17.4 Å². The van der Waals surface area contributed by atoms with E-state index in [1.54, 1.807) is 24.3 Å². The number of carboxylic acid groups (broad SMARTS) is 1. The number of sulfone groups is 1. The second kappa shape index (κ2) is 9.29. The van der Waals surface area contributed by atoms with E-state index >= 15 is 0 Å². The summed E-state index contributed by atoms with van der Waals surface area (Å²) in [7, 11) is -2.08. The molecule has 0 spiro atoms. The quantitative estimate of drug-likeness (QED) is 0.671. The van der Waals surface area contributed by atoms with Crippen LogP contribution in [0.1, 0.15) is 15.9 Å². The molecule has 0 saturated heterocycles. The van der Waals surface area contributed by atoms with Crippen LogP contribution in [0, 0.1) is 0 Å². The first kappa shape index (κ1) is 20.6. The Labute approximate surface area is 157 Å². The third kappa shape index (κ3) is 5.90. The van der Waals surface area contributed by atoms with Crippen molar-refractivity contribution in [2.75, 3.05) is 19.5 Å². The molecule has 0 aliphatic carbocycles. The number of benzene rings is 2. The van der Waals surface area contributed by atoms with Gasteiger partial charge in [0, 0.05) is 19.1 Å². The molecule has 0 bridgehead atoms. The first-order valence-corrected chi connectivity index (χ1v) is 9.88. The van der Waals surface area contributed by atoms with Crippen LogP contribution in [0.5, 0.6) is 0 Å². The third-order valence-electron chi connectivity index (χ3n) is 3.92. The highest BCUT2D eigenvalue weighted by Crippen LogP contribution is 2.13. The molecule has 0 aliphatic rings. The molecular formula is C19H21NO6S. The summed E-state index contributed by atoms with van der Waals surface area (Å²) in [6, 6.07) is 13.2. The van der Waals surface area contributed by atoms with Gasteiger partial charge in [0.05, 0.1) is 17.3 Å². The van der Waals surface area contributed by atoms with Crippen molar-refractivity contribution in [3.63, 3.8) is 0 Å². The summed E-state index contributed by atoms with van der Waals surface area (Å²) < 4.78 is 28.9. The van der Waals surface area contributed by atoms with E-state index in [9.17, 15) is 23.1 Å². The maximum atomic E-state index is 12.3. The second-order valence-corrected chi connectivity index (χ2v) is 8.00. The van der Waals surface area contributed by atoms with Gasteiger partial charge in [-0.15, -0.1) is 0 Å². The number of hydrogen-bond donors (Lipinski definition) is 2. The van der Waals surface area contributed by atoms with Gasteiger partial charge in [-0.3, -0.25) is 4.79 Å². The van der Waals surface area contributed by atoms with E-state index in [2.05, 4.69) is 5.32 Å². The molecule has 1 atom stereocenters. The van der Waals surface area contributed by atoms with Crippen LogP contribution in [0.2, 0.25) is 0 Å². The third-order valence-corrected chi connectivity index (χ3v) is 5.61. The molecule has 0 fully saturated rings. The zero-order valence-electron chi connectivity index (χ0n) is 14.8. The van der Waals surface area contributed by atoms with Crippen LogP contribution in [0.25, 0.3) is 0 Å². The number of ether oxygens (including phenoxy) is 1. The molecule has 2 N–H and O–H groups in total. The summed E-state index contributed by atoms with van der Waals surface area (Å²) in [5.74, 6) is -1.89. The van der Waals surface area contributed by atoms with Crippen LogP contribution in [-0.2, 0) is 25.8 Å². The van der Waals surface area contributed by atoms with E-state index in [-0.39, 0.29) is 29.2 Å². The first-order chi connectivity index (χ1) is 12.8. The normalized spacial score (nSPS) is 12.3. The van der Waals surface area contributed by atoms with Crippen LogP contribution < -0.4 is 5.32 Å². The van der Waals surface area contributed by atoms with Crippen LogP contribution in [-0.4, -0.2) is 50.9 Å². The Morgan fingerprint density at radius 3 is 2.26 bits per heavy atom. The van der Waals surface area contributed by atoms with Crippen molar-refractivity contribution in [2.24, 2.45) is 0 Å². The number of carbonyl (C=O) groups excluding carboxylic acids is 1. The highest BCUT2D eigenvalue weighted by atomic mass is 32.2. The lowest BCUT2D eigenvalue weighted by Gasteiger charge is -2.15. The Morgan fingerprint density at radius 1 is 1.07 bits per heavy atom. The van der Waals surface area contributed by atoms with Gasteiger partial charge in [-0.25, -0.2) is 13.2 Å². The van der Waals surface area contributed by atoms with Crippen molar-refractivity contribution in [3.8, 4) is 0 Å². The Hall–Kier alpha value is -2.71. The van der Waals surface area contributed by atoms with Crippen LogP contribution in [0.4, 0.5) is 0 Å². The van der Waals surface area contributed by atoms with Gasteiger partial charge in [-0.1, -0.05) is 30.3 Å². The molecule has 0 aliphatic heterocycles. The number of aliphatic carboxylic acids is 1. The van der Waals surface area contributed by atoms with E-state index in [0.717, 1.165) is 5.56 Å². The summed E-state index contributed by atoms with van der Waals surface area (Å²) in [4.78, 5) is 23.9. The van der Waals surface area contributed by atoms with Gasteiger partial charge in [0.25, 0.3) is 5.91 Å². The zero-order chi connectivity index (χ0) is 19.9. The number of carbonyl (C=O) groups is 2. The fourth-order valence-electron chi connectivity index (χ4n) is 2.42. The molecule has 0 saturated carbocycles. The van der Waals surface area contributed by atoms with Crippen molar-refractivity contribution in [3.05, 3.63) is 65.7 Å². The van der Waals surface area contributed by atoms with E-state index in [1.165, 1.54) is 31.4 Å². The molecule has 0 aromatic heterocycles. The molecule has 1 amide bonds. The second-order valence-electron chi connectivity index (χ2n) is 5.89. The number of methoxy groups -OCH3 is 1. The topological polar surface area (TPSA) is 110 Å². The number of hydrogen-bond acceptors (Lipinski definition) is 5. The summed E-state index contributed by atoms with van der Waals surface area (Å²) in [6.45, 7) is 0.0738. The maximum absolute atomic E-state index is 12.3. The average molecular weight is 391 g/mol. The minimum absolute atomic E-state index is 0.0738. The minimum Gasteiger partial charge on any atom is -0.480 e. The number of carboxylic acids is 1. The van der Waals surface area contributed by atoms with Gasteiger partial charge in [-0.05, 0) is 29.8 Å². The van der Waals surface area contributed by atoms with Crippen LogP contribution in [0.15, 0.2) is 59.5 Å². The Balaban J connectivity index is 2.08. The molecule has 144 valence electrons. The molecule has 2 aromatic rings. The first-order valence-electron chi connectivity index (χ1n) is 8.23. The molecule has 8 heteroatoms. The lowest BCUT2D eigenvalue weighted by Crippen LogP contribution is -2.42. The number of amides is 1. The summed E-state index contributed by atoms with van der Waals surface area (Å²) in [5, 5.41) is 11.8. The van der Waals surface area contributed by atoms with Gasteiger partial charge >= 0.3 is 5.97 Å². The smallest absolute Gasteiger partial charge is 0.326 e. The fourth-order valence-corrected chi connectivity index (χ4v) is 3.59. The molecule has 0 unspecified atom stereocenters. The predicted octanol–water partition coefficient (Wildman–Crippen LogP) is 1.53. The number of rotatable bonds is 9. The van der Waals surface area contributed by atoms with Crippen molar-refractivity contribution >= 4 is 21.7 Å². The summed E-state index contributed by atoms with van der Waals surface area (Å²) >= 11 is 0. The molecule has 2 rings (SSSR count). The SMILES string of the molecule is COCCS(=O)(=O)c1ccc(C(=O)N[C@H](Cc2ccccc2)C(=O)O)cc1. The molecule has 27 heavy (non-hydrogen) atoms. The van der Waals surface area contributed by atoms with Gasteiger partial charge in [-0.2, -0.15) is 0 Å². The highest BCUT2D eigenvalue weighted by molar-refractivity contribution is 7.91. The monoisotopic (exact) mass is 391 g/mol. The Bertz CT molecular complexity index is 878. The molecule has 2 aromatic carbocycles. The van der Waals surface area contributed by atoms with E-state index < -0.39 is 27.8 Å². The Kier molecular flexibility index (Phi) is 7.09. The van der Waals surface area contributed by atoms with Crippen molar-refractivity contribution < 1.29 is 27.9 Å². The van der Waals surface area contributed by atoms with E-state index in [1.807, 2.05) is 6.07 Å².